The standard InChI is InChI=1S/C18H15N3O4/c1-11-5-2-3-8-15(11)21-17(24)14(16(23)20-18(21)25)10-19-12-6-4-7-13(22)9-12/h2-10,22,24H,1H3,(H,20,23,25). The first-order valence-electron chi connectivity index (χ1n) is 7.45. The quantitative estimate of drug-likeness (QED) is 0.635. The van der Waals surface area contributed by atoms with Crippen molar-refractivity contribution < 1.29 is 10.2 Å². The highest BCUT2D eigenvalue weighted by Crippen LogP contribution is 2.21. The van der Waals surface area contributed by atoms with Gasteiger partial charge in [-0.05, 0) is 30.7 Å². The van der Waals surface area contributed by atoms with Gasteiger partial charge < -0.3 is 10.2 Å². The van der Waals surface area contributed by atoms with Gasteiger partial charge in [0.05, 0.1) is 11.4 Å². The Kier molecular flexibility index (Phi) is 4.21. The lowest BCUT2D eigenvalue weighted by Crippen LogP contribution is -2.31. The van der Waals surface area contributed by atoms with Crippen LogP contribution in [0.25, 0.3) is 5.69 Å². The zero-order valence-corrected chi connectivity index (χ0v) is 13.3. The van der Waals surface area contributed by atoms with Crippen LogP contribution in [0.15, 0.2) is 63.1 Å². The largest absolute Gasteiger partial charge is 0.508 e. The average molecular weight is 337 g/mol. The van der Waals surface area contributed by atoms with Gasteiger partial charge in [-0.2, -0.15) is 0 Å². The molecule has 25 heavy (non-hydrogen) atoms. The number of nitrogens with zero attached hydrogens (tertiary/aromatic N) is 2. The number of aryl methyl sites for hydroxylation is 1. The topological polar surface area (TPSA) is 108 Å². The van der Waals surface area contributed by atoms with Crippen molar-refractivity contribution in [3.63, 3.8) is 0 Å². The van der Waals surface area contributed by atoms with Crippen LogP contribution >= 0.6 is 0 Å². The number of para-hydroxylation sites is 1. The van der Waals surface area contributed by atoms with Crippen LogP contribution in [0.5, 0.6) is 11.6 Å². The van der Waals surface area contributed by atoms with Crippen LogP contribution in [-0.2, 0) is 0 Å². The maximum Gasteiger partial charge on any atom is 0.335 e. The van der Waals surface area contributed by atoms with Crippen molar-refractivity contribution >= 4 is 11.9 Å². The van der Waals surface area contributed by atoms with E-state index in [0.717, 1.165) is 16.3 Å². The predicted molar refractivity (Wildman–Crippen MR) is 94.4 cm³/mol. The number of nitrogens with one attached hydrogen (secondary N) is 1. The van der Waals surface area contributed by atoms with Gasteiger partial charge in [0.1, 0.15) is 11.3 Å². The Hall–Kier alpha value is -3.61. The molecule has 0 unspecified atom stereocenters. The molecule has 0 saturated heterocycles. The lowest BCUT2D eigenvalue weighted by atomic mass is 10.2. The Morgan fingerprint density at radius 3 is 2.56 bits per heavy atom. The Labute approximate surface area is 142 Å². The number of hydrogen-bond acceptors (Lipinski definition) is 5. The first-order chi connectivity index (χ1) is 12.0. The van der Waals surface area contributed by atoms with E-state index in [4.69, 9.17) is 0 Å². The molecule has 126 valence electrons. The summed E-state index contributed by atoms with van der Waals surface area (Å²) >= 11 is 0. The highest BCUT2D eigenvalue weighted by atomic mass is 16.3. The molecule has 0 saturated carbocycles. The number of aromatic amines is 1. The minimum Gasteiger partial charge on any atom is -0.508 e. The molecular formula is C18H15N3O4. The molecule has 3 aromatic rings. The van der Waals surface area contributed by atoms with Crippen molar-refractivity contribution in [1.82, 2.24) is 9.55 Å². The van der Waals surface area contributed by atoms with E-state index in [0.29, 0.717) is 11.4 Å². The Bertz CT molecular complexity index is 1080. The summed E-state index contributed by atoms with van der Waals surface area (Å²) in [5.41, 5.74) is -0.0581. The zero-order chi connectivity index (χ0) is 18.0. The van der Waals surface area contributed by atoms with Crippen molar-refractivity contribution in [3.8, 4) is 17.3 Å². The van der Waals surface area contributed by atoms with E-state index in [-0.39, 0.29) is 11.3 Å². The molecule has 7 heteroatoms. The molecule has 0 radical (unpaired) electrons. The lowest BCUT2D eigenvalue weighted by Gasteiger charge is -2.11. The van der Waals surface area contributed by atoms with Crippen molar-refractivity contribution in [2.75, 3.05) is 0 Å². The highest BCUT2D eigenvalue weighted by molar-refractivity contribution is 5.84. The van der Waals surface area contributed by atoms with Gasteiger partial charge in [-0.15, -0.1) is 0 Å². The van der Waals surface area contributed by atoms with Gasteiger partial charge in [0, 0.05) is 12.3 Å². The molecule has 3 N–H and O–H groups in total. The van der Waals surface area contributed by atoms with Gasteiger partial charge >= 0.3 is 5.69 Å². The molecule has 1 aromatic heterocycles. The molecule has 0 aliphatic rings. The minimum atomic E-state index is -0.753. The third kappa shape index (κ3) is 3.20. The third-order valence-corrected chi connectivity index (χ3v) is 3.65. The fourth-order valence-corrected chi connectivity index (χ4v) is 2.41. The minimum absolute atomic E-state index is 0.0256. The molecule has 0 amide bonds. The van der Waals surface area contributed by atoms with Gasteiger partial charge in [0.15, 0.2) is 0 Å². The van der Waals surface area contributed by atoms with E-state index in [2.05, 4.69) is 9.98 Å². The number of aromatic hydroxyl groups is 2. The van der Waals surface area contributed by atoms with E-state index in [1.807, 2.05) is 0 Å². The summed E-state index contributed by atoms with van der Waals surface area (Å²) in [6.45, 7) is 1.78. The van der Waals surface area contributed by atoms with Crippen LogP contribution in [0.1, 0.15) is 11.1 Å². The number of H-pyrrole nitrogens is 1. The average Bonchev–Trinajstić information content (AvgIpc) is 2.56. The van der Waals surface area contributed by atoms with Crippen LogP contribution in [0, 0.1) is 6.92 Å². The molecule has 1 heterocycles. The Morgan fingerprint density at radius 2 is 1.84 bits per heavy atom. The second-order valence-corrected chi connectivity index (χ2v) is 5.40. The molecule has 2 aromatic carbocycles. The van der Waals surface area contributed by atoms with Crippen LogP contribution in [-0.4, -0.2) is 26.0 Å². The molecule has 0 bridgehead atoms. The third-order valence-electron chi connectivity index (χ3n) is 3.65. The van der Waals surface area contributed by atoms with E-state index < -0.39 is 17.1 Å². The number of rotatable bonds is 3. The van der Waals surface area contributed by atoms with E-state index >= 15 is 0 Å². The molecule has 0 fully saturated rings. The summed E-state index contributed by atoms with van der Waals surface area (Å²) in [4.78, 5) is 30.4. The van der Waals surface area contributed by atoms with E-state index in [1.54, 1.807) is 43.3 Å². The van der Waals surface area contributed by atoms with Crippen LogP contribution < -0.4 is 11.2 Å². The number of phenols is 1. The molecule has 0 spiro atoms. The number of aromatic nitrogens is 2. The monoisotopic (exact) mass is 337 g/mol. The van der Waals surface area contributed by atoms with Gasteiger partial charge in [-0.1, -0.05) is 24.3 Å². The summed E-state index contributed by atoms with van der Waals surface area (Å²) in [5, 5.41) is 19.9. The van der Waals surface area contributed by atoms with E-state index in [9.17, 15) is 19.8 Å². The summed E-state index contributed by atoms with van der Waals surface area (Å²) in [6.07, 6.45) is 1.15. The number of phenolic OH excluding ortho intramolecular Hbond substituents is 1. The zero-order valence-electron chi connectivity index (χ0n) is 13.3. The second kappa shape index (κ2) is 6.48. The van der Waals surface area contributed by atoms with Crippen LogP contribution in [0.4, 0.5) is 5.69 Å². The van der Waals surface area contributed by atoms with Crippen molar-refractivity contribution in [1.29, 1.82) is 0 Å². The van der Waals surface area contributed by atoms with E-state index in [1.165, 1.54) is 12.1 Å². The van der Waals surface area contributed by atoms with Crippen molar-refractivity contribution in [2.45, 2.75) is 6.92 Å². The van der Waals surface area contributed by atoms with Crippen LogP contribution in [0.3, 0.4) is 0 Å². The SMILES string of the molecule is Cc1ccccc1-n1c(O)c(C=Nc2cccc(O)c2)c(=O)[nH]c1=O. The molecular weight excluding hydrogens is 322 g/mol. The summed E-state index contributed by atoms with van der Waals surface area (Å²) in [5.74, 6) is -0.482. The Balaban J connectivity index is 2.16. The first kappa shape index (κ1) is 16.3. The summed E-state index contributed by atoms with van der Waals surface area (Å²) < 4.78 is 1.01. The first-order valence-corrected chi connectivity index (χ1v) is 7.45. The molecule has 3 rings (SSSR count). The number of benzene rings is 2. The van der Waals surface area contributed by atoms with Gasteiger partial charge in [0.2, 0.25) is 5.88 Å². The molecule has 0 atom stereocenters. The lowest BCUT2D eigenvalue weighted by molar-refractivity contribution is 0.430. The Morgan fingerprint density at radius 1 is 1.08 bits per heavy atom. The summed E-state index contributed by atoms with van der Waals surface area (Å²) in [7, 11) is 0. The number of aliphatic imine (C=N–C) groups is 1. The maximum atomic E-state index is 12.2. The van der Waals surface area contributed by atoms with Crippen LogP contribution in [0.2, 0.25) is 0 Å². The molecule has 0 aliphatic carbocycles. The van der Waals surface area contributed by atoms with Gasteiger partial charge in [-0.3, -0.25) is 14.8 Å². The highest BCUT2D eigenvalue weighted by Gasteiger charge is 2.15. The van der Waals surface area contributed by atoms with Gasteiger partial charge in [-0.25, -0.2) is 9.36 Å². The second-order valence-electron chi connectivity index (χ2n) is 5.40. The van der Waals surface area contributed by atoms with Crippen molar-refractivity contribution in [3.05, 3.63) is 80.5 Å². The fourth-order valence-electron chi connectivity index (χ4n) is 2.41. The normalized spacial score (nSPS) is 11.1. The smallest absolute Gasteiger partial charge is 0.335 e. The molecule has 0 aliphatic heterocycles. The molecule has 7 nitrogen and oxygen atoms in total. The predicted octanol–water partition coefficient (Wildman–Crippen LogP) is 2.00. The summed E-state index contributed by atoms with van der Waals surface area (Å²) in [6, 6.07) is 13.1. The fraction of sp³-hybridized carbons (Fsp3) is 0.0556. The van der Waals surface area contributed by atoms with Gasteiger partial charge in [0.25, 0.3) is 5.56 Å². The maximum absolute atomic E-state index is 12.2. The van der Waals surface area contributed by atoms with Crippen molar-refractivity contribution in [2.24, 2.45) is 4.99 Å². The number of hydrogen-bond donors (Lipinski definition) is 3.